The van der Waals surface area contributed by atoms with Crippen molar-refractivity contribution in [1.82, 2.24) is 0 Å². The number of hydrogen-bond acceptors (Lipinski definition) is 9. The lowest BCUT2D eigenvalue weighted by Gasteiger charge is -2.34. The Morgan fingerprint density at radius 2 is 0.875 bits per heavy atom. The van der Waals surface area contributed by atoms with Crippen molar-refractivity contribution in [2.45, 2.75) is 31.4 Å². The first-order valence-corrected chi connectivity index (χ1v) is 9.48. The molecule has 0 amide bonds. The Kier molecular flexibility index (Phi) is 14.7. The molecule has 0 aliphatic rings. The minimum absolute atomic E-state index is 0.0853. The summed E-state index contributed by atoms with van der Waals surface area (Å²) in [4.78, 5) is 32.9. The molecule has 0 aliphatic heterocycles. The van der Waals surface area contributed by atoms with Gasteiger partial charge in [-0.15, -0.1) is 0 Å². The van der Waals surface area contributed by atoms with Crippen molar-refractivity contribution in [2.24, 2.45) is 0 Å². The summed E-state index contributed by atoms with van der Waals surface area (Å²) < 4.78 is 70.0. The molecule has 0 aromatic rings. The monoisotopic (exact) mass is 468 g/mol. The van der Waals surface area contributed by atoms with E-state index >= 15 is 0 Å². The van der Waals surface area contributed by atoms with Crippen LogP contribution in [0, 0.1) is 0 Å². The number of alkyl halides is 3. The highest BCUT2D eigenvalue weighted by molar-refractivity contribution is 5.81. The van der Waals surface area contributed by atoms with Crippen LogP contribution in [0.15, 0.2) is 38.0 Å². The summed E-state index contributed by atoms with van der Waals surface area (Å²) >= 11 is 0. The van der Waals surface area contributed by atoms with E-state index in [4.69, 9.17) is 14.2 Å². The van der Waals surface area contributed by atoms with E-state index in [0.29, 0.717) is 0 Å². The van der Waals surface area contributed by atoms with Gasteiger partial charge in [0.2, 0.25) is 0 Å². The van der Waals surface area contributed by atoms with Crippen LogP contribution in [0.25, 0.3) is 0 Å². The topological polar surface area (TPSA) is 107 Å². The lowest BCUT2D eigenvalue weighted by atomic mass is 10.4. The minimum Gasteiger partial charge on any atom is -0.462 e. The Morgan fingerprint density at radius 1 is 0.594 bits per heavy atom. The van der Waals surface area contributed by atoms with E-state index in [-0.39, 0.29) is 39.1 Å². The van der Waals surface area contributed by atoms with Gasteiger partial charge in [-0.1, -0.05) is 19.7 Å². The van der Waals surface area contributed by atoms with Crippen LogP contribution in [0.5, 0.6) is 0 Å². The largest absolute Gasteiger partial charge is 0.473 e. The van der Waals surface area contributed by atoms with Gasteiger partial charge in [-0.3, -0.25) is 0 Å². The molecule has 0 heterocycles. The van der Waals surface area contributed by atoms with Crippen LogP contribution in [-0.2, 0) is 42.8 Å². The van der Waals surface area contributed by atoms with E-state index in [1.807, 2.05) is 0 Å². The van der Waals surface area contributed by atoms with Crippen molar-refractivity contribution in [1.29, 1.82) is 0 Å². The predicted molar refractivity (Wildman–Crippen MR) is 104 cm³/mol. The molecule has 0 fully saturated rings. The first kappa shape index (κ1) is 29.3. The SMILES string of the molecule is C=CC(=O)OCCCOC(OCCCOC(=O)C=C)(OCCCOC(=O)C=C)C(F)(F)F. The summed E-state index contributed by atoms with van der Waals surface area (Å²) in [5.74, 6) is -5.63. The fourth-order valence-corrected chi connectivity index (χ4v) is 1.86. The van der Waals surface area contributed by atoms with E-state index in [2.05, 4.69) is 33.9 Å². The van der Waals surface area contributed by atoms with Crippen molar-refractivity contribution >= 4 is 17.9 Å². The average molecular weight is 468 g/mol. The molecule has 0 aromatic heterocycles. The van der Waals surface area contributed by atoms with Gasteiger partial charge in [0.1, 0.15) is 0 Å². The van der Waals surface area contributed by atoms with Gasteiger partial charge in [0.25, 0.3) is 0 Å². The smallest absolute Gasteiger partial charge is 0.462 e. The third-order valence-electron chi connectivity index (χ3n) is 3.32. The van der Waals surface area contributed by atoms with Gasteiger partial charge in [0.15, 0.2) is 0 Å². The van der Waals surface area contributed by atoms with E-state index in [9.17, 15) is 27.6 Å². The van der Waals surface area contributed by atoms with E-state index in [1.54, 1.807) is 0 Å². The Balaban J connectivity index is 4.94. The van der Waals surface area contributed by atoms with E-state index in [1.165, 1.54) is 0 Å². The highest BCUT2D eigenvalue weighted by atomic mass is 19.4. The first-order chi connectivity index (χ1) is 15.1. The van der Waals surface area contributed by atoms with Crippen molar-refractivity contribution < 1.29 is 56.0 Å². The number of ether oxygens (including phenoxy) is 6. The molecule has 0 N–H and O–H groups in total. The molecule has 0 aliphatic carbocycles. The summed E-state index contributed by atoms with van der Waals surface area (Å²) in [5, 5.41) is 0. The summed E-state index contributed by atoms with van der Waals surface area (Å²) in [5.41, 5.74) is 0. The van der Waals surface area contributed by atoms with Crippen LogP contribution >= 0.6 is 0 Å². The summed E-state index contributed by atoms with van der Waals surface area (Å²) in [6.45, 7) is 7.36. The van der Waals surface area contributed by atoms with Gasteiger partial charge in [-0.2, -0.15) is 13.2 Å². The Bertz CT molecular complexity index is 558. The second kappa shape index (κ2) is 16.0. The molecule has 12 heteroatoms. The van der Waals surface area contributed by atoms with Crippen LogP contribution in [0.1, 0.15) is 19.3 Å². The fourth-order valence-electron chi connectivity index (χ4n) is 1.86. The fraction of sp³-hybridized carbons (Fsp3) is 0.550. The maximum Gasteiger partial charge on any atom is 0.473 e. The number of esters is 3. The minimum atomic E-state index is -5.11. The summed E-state index contributed by atoms with van der Waals surface area (Å²) in [7, 11) is 0. The lowest BCUT2D eigenvalue weighted by Crippen LogP contribution is -2.53. The maximum absolute atomic E-state index is 13.8. The Hall–Kier alpha value is -2.70. The van der Waals surface area contributed by atoms with Crippen LogP contribution in [0.3, 0.4) is 0 Å². The number of carbonyl (C=O) groups is 3. The number of hydrogen-bond donors (Lipinski definition) is 0. The second-order valence-corrected chi connectivity index (χ2v) is 5.77. The number of halogens is 3. The zero-order valence-electron chi connectivity index (χ0n) is 17.5. The number of rotatable bonds is 18. The van der Waals surface area contributed by atoms with Crippen LogP contribution < -0.4 is 0 Å². The van der Waals surface area contributed by atoms with Crippen molar-refractivity contribution in [3.63, 3.8) is 0 Å². The summed E-state index contributed by atoms with van der Waals surface area (Å²) in [6.07, 6.45) is -2.64. The third-order valence-corrected chi connectivity index (χ3v) is 3.32. The highest BCUT2D eigenvalue weighted by Gasteiger charge is 2.60. The molecule has 0 rings (SSSR count). The molecule has 9 nitrogen and oxygen atoms in total. The normalized spacial score (nSPS) is 11.3. The van der Waals surface area contributed by atoms with Crippen LogP contribution in [0.4, 0.5) is 13.2 Å². The molecule has 0 saturated heterocycles. The van der Waals surface area contributed by atoms with Gasteiger partial charge >= 0.3 is 30.1 Å². The standard InChI is InChI=1S/C20H27F3O9/c1-4-16(24)27-10-7-13-30-20(19(21,22)23,31-14-8-11-28-17(25)5-2)32-15-9-12-29-18(26)6-3/h4-6H,1-3,7-15H2. The number of carbonyl (C=O) groups excluding carboxylic acids is 3. The lowest BCUT2D eigenvalue weighted by molar-refractivity contribution is -0.483. The summed E-state index contributed by atoms with van der Waals surface area (Å²) in [6, 6.07) is 0. The highest BCUT2D eigenvalue weighted by Crippen LogP contribution is 2.36. The quantitative estimate of drug-likeness (QED) is 0.0986. The van der Waals surface area contributed by atoms with Crippen molar-refractivity contribution in [3.05, 3.63) is 38.0 Å². The zero-order valence-corrected chi connectivity index (χ0v) is 17.5. The third kappa shape index (κ3) is 12.2. The van der Waals surface area contributed by atoms with E-state index < -0.39 is 49.9 Å². The van der Waals surface area contributed by atoms with Crippen LogP contribution in [0.2, 0.25) is 0 Å². The Morgan fingerprint density at radius 3 is 1.09 bits per heavy atom. The molecule has 32 heavy (non-hydrogen) atoms. The van der Waals surface area contributed by atoms with Gasteiger partial charge < -0.3 is 28.4 Å². The molecule has 0 radical (unpaired) electrons. The van der Waals surface area contributed by atoms with Crippen molar-refractivity contribution in [2.75, 3.05) is 39.6 Å². The molecular formula is C20H27F3O9. The molecule has 0 spiro atoms. The predicted octanol–water partition coefficient (Wildman–Crippen LogP) is 2.61. The van der Waals surface area contributed by atoms with Gasteiger partial charge in [0, 0.05) is 37.5 Å². The molecule has 0 atom stereocenters. The van der Waals surface area contributed by atoms with Gasteiger partial charge in [0.05, 0.1) is 39.6 Å². The second-order valence-electron chi connectivity index (χ2n) is 5.77. The first-order valence-electron chi connectivity index (χ1n) is 9.48. The van der Waals surface area contributed by atoms with Gasteiger partial charge in [-0.25, -0.2) is 14.4 Å². The zero-order chi connectivity index (χ0) is 24.5. The molecule has 0 unspecified atom stereocenters. The van der Waals surface area contributed by atoms with Crippen molar-refractivity contribution in [3.8, 4) is 0 Å². The Labute approximate surface area is 183 Å². The van der Waals surface area contributed by atoms with E-state index in [0.717, 1.165) is 18.2 Å². The van der Waals surface area contributed by atoms with Gasteiger partial charge in [-0.05, 0) is 0 Å². The average Bonchev–Trinajstić information content (AvgIpc) is 2.76. The molecule has 0 saturated carbocycles. The maximum atomic E-state index is 13.8. The molecule has 182 valence electrons. The van der Waals surface area contributed by atoms with Crippen LogP contribution in [-0.4, -0.2) is 69.7 Å². The molecular weight excluding hydrogens is 441 g/mol. The molecule has 0 bridgehead atoms. The molecule has 0 aromatic carbocycles.